The molecule has 2 N–H and O–H groups in total. The molecule has 1 fully saturated rings. The van der Waals surface area contributed by atoms with Gasteiger partial charge in [0.05, 0.1) is 18.2 Å². The summed E-state index contributed by atoms with van der Waals surface area (Å²) in [5, 5.41) is 11.2. The van der Waals surface area contributed by atoms with Gasteiger partial charge in [0.15, 0.2) is 5.82 Å². The molecule has 3 atom stereocenters. The lowest BCUT2D eigenvalue weighted by Crippen LogP contribution is -2.39. The highest BCUT2D eigenvalue weighted by atomic mass is 19.1. The molecule has 2 aromatic rings. The van der Waals surface area contributed by atoms with Gasteiger partial charge in [-0.05, 0) is 43.0 Å². The number of allylic oxidation sites excluding steroid dienone is 4. The zero-order chi connectivity index (χ0) is 26.2. The van der Waals surface area contributed by atoms with Gasteiger partial charge in [0.2, 0.25) is 0 Å². The molecule has 0 spiro atoms. The van der Waals surface area contributed by atoms with E-state index in [4.69, 9.17) is 0 Å². The number of benzene rings is 1. The second kappa shape index (κ2) is 13.0. The van der Waals surface area contributed by atoms with Crippen molar-refractivity contribution in [1.82, 2.24) is 25.4 Å². The van der Waals surface area contributed by atoms with Crippen LogP contribution in [0.1, 0.15) is 60.3 Å². The highest BCUT2D eigenvalue weighted by Crippen LogP contribution is 2.34. The van der Waals surface area contributed by atoms with Crippen LogP contribution in [0.4, 0.5) is 13.2 Å². The molecule has 0 saturated carbocycles. The molecule has 3 unspecified atom stereocenters. The van der Waals surface area contributed by atoms with Crippen LogP contribution in [0.3, 0.4) is 0 Å². The lowest BCUT2D eigenvalue weighted by molar-refractivity contribution is 0.218. The van der Waals surface area contributed by atoms with E-state index < -0.39 is 17.8 Å². The van der Waals surface area contributed by atoms with Crippen molar-refractivity contribution in [3.05, 3.63) is 59.5 Å². The van der Waals surface area contributed by atoms with Gasteiger partial charge in [0.1, 0.15) is 23.6 Å². The summed E-state index contributed by atoms with van der Waals surface area (Å²) >= 11 is 0. The van der Waals surface area contributed by atoms with E-state index >= 15 is 0 Å². The summed E-state index contributed by atoms with van der Waals surface area (Å²) in [6, 6.07) is 2.98. The topological polar surface area (TPSA) is 54.8 Å². The third-order valence-corrected chi connectivity index (χ3v) is 5.92. The van der Waals surface area contributed by atoms with Crippen molar-refractivity contribution < 1.29 is 13.2 Å². The van der Waals surface area contributed by atoms with E-state index in [1.165, 1.54) is 0 Å². The molecule has 1 aliphatic heterocycles. The van der Waals surface area contributed by atoms with E-state index in [1.54, 1.807) is 4.68 Å². The van der Waals surface area contributed by atoms with Crippen molar-refractivity contribution in [1.29, 1.82) is 0 Å². The van der Waals surface area contributed by atoms with Crippen LogP contribution in [0.2, 0.25) is 0 Å². The first-order valence-corrected chi connectivity index (χ1v) is 12.4. The summed E-state index contributed by atoms with van der Waals surface area (Å²) < 4.78 is 44.3. The molecule has 2 heterocycles. The van der Waals surface area contributed by atoms with Crippen LogP contribution in [-0.2, 0) is 6.54 Å². The Morgan fingerprint density at radius 3 is 2.51 bits per heavy atom. The minimum atomic E-state index is -0.905. The molecule has 1 saturated heterocycles. The molecule has 0 radical (unpaired) electrons. The van der Waals surface area contributed by atoms with Gasteiger partial charge in [0, 0.05) is 25.6 Å². The fraction of sp³-hybridized carbons (Fsp3) is 0.556. The van der Waals surface area contributed by atoms with Crippen molar-refractivity contribution in [2.75, 3.05) is 19.6 Å². The van der Waals surface area contributed by atoms with Gasteiger partial charge in [-0.15, -0.1) is 0 Å². The smallest absolute Gasteiger partial charge is 0.184 e. The van der Waals surface area contributed by atoms with Crippen LogP contribution >= 0.6 is 0 Å². The third-order valence-electron chi connectivity index (χ3n) is 5.92. The summed E-state index contributed by atoms with van der Waals surface area (Å²) in [4.78, 5) is 4.68. The number of alkyl halides is 1. The van der Waals surface area contributed by atoms with E-state index in [2.05, 4.69) is 41.5 Å². The average Bonchev–Trinajstić information content (AvgIpc) is 3.42. The number of aromatic nitrogens is 3. The van der Waals surface area contributed by atoms with Gasteiger partial charge >= 0.3 is 0 Å². The van der Waals surface area contributed by atoms with Gasteiger partial charge in [-0.25, -0.2) is 22.8 Å². The molecule has 1 aromatic carbocycles. The van der Waals surface area contributed by atoms with Crippen molar-refractivity contribution in [3.63, 3.8) is 0 Å². The second-order valence-corrected chi connectivity index (χ2v) is 9.58. The summed E-state index contributed by atoms with van der Waals surface area (Å²) in [6.07, 6.45) is 4.99. The fourth-order valence-corrected chi connectivity index (χ4v) is 4.05. The lowest BCUT2D eigenvalue weighted by Gasteiger charge is -2.32. The Bertz CT molecular complexity index is 1010. The number of hydrogen-bond acceptors (Lipinski definition) is 4. The van der Waals surface area contributed by atoms with Crippen molar-refractivity contribution in [2.24, 2.45) is 11.3 Å². The Balaban J connectivity index is 0.00000210. The quantitative estimate of drug-likeness (QED) is 0.444. The van der Waals surface area contributed by atoms with Crippen LogP contribution in [0.15, 0.2) is 42.0 Å². The number of nitrogens with one attached hydrogen (secondary N) is 2. The van der Waals surface area contributed by atoms with Gasteiger partial charge < -0.3 is 10.6 Å². The monoisotopic (exact) mass is 491 g/mol. The molecule has 0 bridgehead atoms. The van der Waals surface area contributed by atoms with E-state index in [0.717, 1.165) is 23.8 Å². The molecule has 1 aromatic heterocycles. The molecule has 8 heteroatoms. The maximum absolute atomic E-state index is 14.5. The minimum absolute atomic E-state index is 0.0135. The predicted octanol–water partition coefficient (Wildman–Crippen LogP) is 6.01. The molecular formula is C27H40F3N5. The van der Waals surface area contributed by atoms with E-state index in [1.807, 2.05) is 45.9 Å². The Morgan fingerprint density at radius 1 is 1.23 bits per heavy atom. The normalized spacial score (nSPS) is 19.7. The van der Waals surface area contributed by atoms with Crippen LogP contribution in [0, 0.1) is 23.0 Å². The third kappa shape index (κ3) is 7.51. The summed E-state index contributed by atoms with van der Waals surface area (Å²) in [6.45, 7) is 15.9. The summed E-state index contributed by atoms with van der Waals surface area (Å²) in [5.74, 6) is -0.551. The zero-order valence-electron chi connectivity index (χ0n) is 22.0. The lowest BCUT2D eigenvalue weighted by atomic mass is 9.85. The number of hydrogen-bond donors (Lipinski definition) is 2. The van der Waals surface area contributed by atoms with Gasteiger partial charge in [-0.3, -0.25) is 0 Å². The molecule has 194 valence electrons. The first-order valence-electron chi connectivity index (χ1n) is 12.4. The zero-order valence-corrected chi connectivity index (χ0v) is 22.0. The standard InChI is InChI=1S/C25H34F3N5.C2H6/c1-6-8-16(7-2)15-33-24(31-23(32-33)19-11-18(26)9-10-20(19)27)22(25(3,4)5)30-13-17-12-29-14-21(17)28;1-2/h6-11,17,21-22,29-30H,12-15H2,1-5H3;1-2H3/b8-6-,16-7+;. The van der Waals surface area contributed by atoms with Crippen molar-refractivity contribution in [2.45, 2.75) is 67.2 Å². The Hall–Kier alpha value is -2.45. The van der Waals surface area contributed by atoms with E-state index in [-0.39, 0.29) is 28.8 Å². The van der Waals surface area contributed by atoms with Gasteiger partial charge in [-0.2, -0.15) is 5.10 Å². The molecule has 35 heavy (non-hydrogen) atoms. The molecule has 0 amide bonds. The Kier molecular flexibility index (Phi) is 10.7. The number of halogens is 3. The van der Waals surface area contributed by atoms with Crippen LogP contribution in [0.5, 0.6) is 0 Å². The second-order valence-electron chi connectivity index (χ2n) is 9.58. The number of nitrogens with zero attached hydrogens (tertiary/aromatic N) is 3. The van der Waals surface area contributed by atoms with Crippen molar-refractivity contribution in [3.8, 4) is 11.4 Å². The Morgan fingerprint density at radius 2 is 1.94 bits per heavy atom. The van der Waals surface area contributed by atoms with E-state index in [0.29, 0.717) is 32.0 Å². The van der Waals surface area contributed by atoms with Gasteiger partial charge in [-0.1, -0.05) is 52.8 Å². The summed E-state index contributed by atoms with van der Waals surface area (Å²) in [5.41, 5.74) is 0.725. The first-order chi connectivity index (χ1) is 16.6. The highest BCUT2D eigenvalue weighted by molar-refractivity contribution is 5.55. The van der Waals surface area contributed by atoms with Gasteiger partial charge in [0.25, 0.3) is 0 Å². The fourth-order valence-electron chi connectivity index (χ4n) is 4.05. The molecule has 5 nitrogen and oxygen atoms in total. The molecule has 3 rings (SSSR count). The van der Waals surface area contributed by atoms with E-state index in [9.17, 15) is 13.2 Å². The van der Waals surface area contributed by atoms with Crippen LogP contribution < -0.4 is 10.6 Å². The molecular weight excluding hydrogens is 451 g/mol. The molecule has 1 aliphatic rings. The average molecular weight is 492 g/mol. The maximum atomic E-state index is 14.5. The predicted molar refractivity (Wildman–Crippen MR) is 137 cm³/mol. The first kappa shape index (κ1) is 28.8. The van der Waals surface area contributed by atoms with Crippen LogP contribution in [-0.4, -0.2) is 40.6 Å². The SMILES string of the molecule is C/C=C\C(=C/C)Cn1nc(-c2cc(F)ccc2F)nc1C(NCC1CNCC1F)C(C)(C)C.CC. The largest absolute Gasteiger partial charge is 0.313 e. The highest BCUT2D eigenvalue weighted by Gasteiger charge is 2.34. The maximum Gasteiger partial charge on any atom is 0.184 e. The Labute approximate surface area is 207 Å². The summed E-state index contributed by atoms with van der Waals surface area (Å²) in [7, 11) is 0. The minimum Gasteiger partial charge on any atom is -0.313 e. The van der Waals surface area contributed by atoms with Crippen LogP contribution in [0.25, 0.3) is 11.4 Å². The molecule has 0 aliphatic carbocycles. The van der Waals surface area contributed by atoms with Crippen molar-refractivity contribution >= 4 is 0 Å². The number of rotatable bonds is 8.